The van der Waals surface area contributed by atoms with Crippen LogP contribution in [0.5, 0.6) is 0 Å². The Labute approximate surface area is 148 Å². The standard InChI is InChI=1S/C18H17FN4O3/c19-13-4-1-3-12(7-13)10-23-11-14(9-20-23)21-17(24)15-8-16(26-22-15)18(25)5-2-6-18/h1,3-4,7-9,11,25H,2,5-6,10H2,(H,21,24). The first kappa shape index (κ1) is 16.5. The molecule has 1 aliphatic carbocycles. The summed E-state index contributed by atoms with van der Waals surface area (Å²) >= 11 is 0. The number of nitrogens with one attached hydrogen (secondary N) is 1. The molecule has 0 aliphatic heterocycles. The van der Waals surface area contributed by atoms with Crippen molar-refractivity contribution < 1.29 is 18.8 Å². The van der Waals surface area contributed by atoms with Gasteiger partial charge in [0.25, 0.3) is 5.91 Å². The van der Waals surface area contributed by atoms with Crippen molar-refractivity contribution in [2.75, 3.05) is 5.32 Å². The van der Waals surface area contributed by atoms with Gasteiger partial charge < -0.3 is 14.9 Å². The number of aliphatic hydroxyl groups is 1. The molecule has 1 aliphatic rings. The van der Waals surface area contributed by atoms with Gasteiger partial charge in [-0.2, -0.15) is 5.10 Å². The zero-order valence-electron chi connectivity index (χ0n) is 13.9. The van der Waals surface area contributed by atoms with Gasteiger partial charge in [-0.15, -0.1) is 0 Å². The summed E-state index contributed by atoms with van der Waals surface area (Å²) in [6, 6.07) is 7.71. The number of halogens is 1. The van der Waals surface area contributed by atoms with E-state index in [1.165, 1.54) is 24.4 Å². The topological polar surface area (TPSA) is 93.2 Å². The van der Waals surface area contributed by atoms with Crippen LogP contribution in [-0.2, 0) is 12.1 Å². The van der Waals surface area contributed by atoms with Crippen LogP contribution in [0.25, 0.3) is 0 Å². The Hall–Kier alpha value is -3.00. The van der Waals surface area contributed by atoms with Crippen molar-refractivity contribution in [3.8, 4) is 0 Å². The highest BCUT2D eigenvalue weighted by Crippen LogP contribution is 2.41. The first-order valence-electron chi connectivity index (χ1n) is 8.30. The lowest BCUT2D eigenvalue weighted by Gasteiger charge is -2.33. The second kappa shape index (κ2) is 6.38. The van der Waals surface area contributed by atoms with Crippen LogP contribution in [0, 0.1) is 5.82 Å². The summed E-state index contributed by atoms with van der Waals surface area (Å²) in [5.41, 5.74) is 0.346. The smallest absolute Gasteiger partial charge is 0.277 e. The number of hydrogen-bond donors (Lipinski definition) is 2. The largest absolute Gasteiger partial charge is 0.382 e. The van der Waals surface area contributed by atoms with E-state index < -0.39 is 11.5 Å². The van der Waals surface area contributed by atoms with Crippen molar-refractivity contribution in [3.05, 3.63) is 65.6 Å². The third kappa shape index (κ3) is 3.23. The monoisotopic (exact) mass is 356 g/mol. The third-order valence-electron chi connectivity index (χ3n) is 4.51. The number of hydrogen-bond acceptors (Lipinski definition) is 5. The number of nitrogens with zero attached hydrogens (tertiary/aromatic N) is 3. The van der Waals surface area contributed by atoms with Gasteiger partial charge in [0, 0.05) is 12.3 Å². The number of carbonyl (C=O) groups excluding carboxylic acids is 1. The fraction of sp³-hybridized carbons (Fsp3) is 0.278. The minimum absolute atomic E-state index is 0.0956. The minimum atomic E-state index is -0.999. The van der Waals surface area contributed by atoms with Crippen LogP contribution in [0.2, 0.25) is 0 Å². The molecule has 0 radical (unpaired) electrons. The number of amides is 1. The lowest BCUT2D eigenvalue weighted by atomic mass is 9.78. The molecule has 0 spiro atoms. The molecule has 2 heterocycles. The van der Waals surface area contributed by atoms with Crippen LogP contribution in [0.3, 0.4) is 0 Å². The van der Waals surface area contributed by atoms with Crippen molar-refractivity contribution in [2.24, 2.45) is 0 Å². The normalized spacial score (nSPS) is 15.5. The predicted molar refractivity (Wildman–Crippen MR) is 89.9 cm³/mol. The molecular formula is C18H17FN4O3. The van der Waals surface area contributed by atoms with E-state index >= 15 is 0 Å². The fourth-order valence-electron chi connectivity index (χ4n) is 2.89. The Bertz CT molecular complexity index is 945. The molecule has 134 valence electrons. The van der Waals surface area contributed by atoms with Crippen molar-refractivity contribution in [1.82, 2.24) is 14.9 Å². The van der Waals surface area contributed by atoms with Gasteiger partial charge in [0.1, 0.15) is 11.4 Å². The van der Waals surface area contributed by atoms with Gasteiger partial charge in [0.2, 0.25) is 0 Å². The van der Waals surface area contributed by atoms with E-state index in [2.05, 4.69) is 15.6 Å². The molecule has 1 amide bonds. The second-order valence-electron chi connectivity index (χ2n) is 6.47. The highest BCUT2D eigenvalue weighted by atomic mass is 19.1. The van der Waals surface area contributed by atoms with Gasteiger partial charge in [-0.25, -0.2) is 4.39 Å². The molecule has 3 aromatic rings. The lowest BCUT2D eigenvalue weighted by Crippen LogP contribution is -2.33. The van der Waals surface area contributed by atoms with Crippen molar-refractivity contribution in [1.29, 1.82) is 0 Å². The van der Waals surface area contributed by atoms with Crippen LogP contribution < -0.4 is 5.32 Å². The summed E-state index contributed by atoms with van der Waals surface area (Å²) in [6.45, 7) is 0.384. The van der Waals surface area contributed by atoms with Crippen LogP contribution in [-0.4, -0.2) is 26.0 Å². The van der Waals surface area contributed by atoms with Gasteiger partial charge in [-0.1, -0.05) is 17.3 Å². The molecule has 0 unspecified atom stereocenters. The highest BCUT2D eigenvalue weighted by molar-refractivity contribution is 6.02. The summed E-state index contributed by atoms with van der Waals surface area (Å²) < 4.78 is 19.9. The fourth-order valence-corrected chi connectivity index (χ4v) is 2.89. The molecule has 26 heavy (non-hydrogen) atoms. The number of aromatic nitrogens is 3. The molecular weight excluding hydrogens is 339 g/mol. The van der Waals surface area contributed by atoms with Crippen LogP contribution >= 0.6 is 0 Å². The summed E-state index contributed by atoms with van der Waals surface area (Å²) in [5.74, 6) is -0.443. The maximum Gasteiger partial charge on any atom is 0.277 e. The Morgan fingerprint density at radius 2 is 2.23 bits per heavy atom. The molecule has 0 bridgehead atoms. The highest BCUT2D eigenvalue weighted by Gasteiger charge is 2.40. The maximum atomic E-state index is 13.2. The number of benzene rings is 1. The summed E-state index contributed by atoms with van der Waals surface area (Å²) in [6.07, 6.45) is 5.27. The predicted octanol–water partition coefficient (Wildman–Crippen LogP) is 2.68. The van der Waals surface area contributed by atoms with E-state index in [0.29, 0.717) is 30.8 Å². The van der Waals surface area contributed by atoms with E-state index in [1.807, 2.05) is 0 Å². The van der Waals surface area contributed by atoms with E-state index in [1.54, 1.807) is 23.0 Å². The van der Waals surface area contributed by atoms with Crippen LogP contribution in [0.15, 0.2) is 47.2 Å². The van der Waals surface area contributed by atoms with Gasteiger partial charge in [0.05, 0.1) is 18.4 Å². The van der Waals surface area contributed by atoms with Crippen molar-refractivity contribution >= 4 is 11.6 Å². The quantitative estimate of drug-likeness (QED) is 0.733. The van der Waals surface area contributed by atoms with E-state index in [-0.39, 0.29) is 11.5 Å². The Morgan fingerprint density at radius 3 is 2.96 bits per heavy atom. The van der Waals surface area contributed by atoms with Crippen LogP contribution in [0.1, 0.15) is 41.1 Å². The number of rotatable bonds is 5. The lowest BCUT2D eigenvalue weighted by molar-refractivity contribution is -0.0602. The molecule has 4 rings (SSSR count). The summed E-state index contributed by atoms with van der Waals surface area (Å²) in [4.78, 5) is 12.3. The number of carbonyl (C=O) groups is 1. The molecule has 7 nitrogen and oxygen atoms in total. The van der Waals surface area contributed by atoms with Gasteiger partial charge in [0.15, 0.2) is 11.5 Å². The second-order valence-corrected chi connectivity index (χ2v) is 6.47. The molecule has 0 saturated heterocycles. The van der Waals surface area contributed by atoms with Gasteiger partial charge in [-0.3, -0.25) is 9.48 Å². The van der Waals surface area contributed by atoms with Crippen molar-refractivity contribution in [2.45, 2.75) is 31.4 Å². The Kier molecular flexibility index (Phi) is 4.04. The average molecular weight is 356 g/mol. The van der Waals surface area contributed by atoms with Crippen molar-refractivity contribution in [3.63, 3.8) is 0 Å². The summed E-state index contributed by atoms with van der Waals surface area (Å²) in [7, 11) is 0. The van der Waals surface area contributed by atoms with Gasteiger partial charge >= 0.3 is 0 Å². The molecule has 8 heteroatoms. The van der Waals surface area contributed by atoms with Gasteiger partial charge in [-0.05, 0) is 37.0 Å². The molecule has 1 aromatic carbocycles. The Balaban J connectivity index is 1.41. The zero-order chi connectivity index (χ0) is 18.1. The number of anilines is 1. The van der Waals surface area contributed by atoms with E-state index in [4.69, 9.17) is 4.52 Å². The third-order valence-corrected chi connectivity index (χ3v) is 4.51. The minimum Gasteiger partial charge on any atom is -0.382 e. The van der Waals surface area contributed by atoms with E-state index in [9.17, 15) is 14.3 Å². The summed E-state index contributed by atoms with van der Waals surface area (Å²) in [5, 5.41) is 20.8. The molecule has 1 saturated carbocycles. The Morgan fingerprint density at radius 1 is 1.38 bits per heavy atom. The molecule has 0 atom stereocenters. The maximum absolute atomic E-state index is 13.2. The first-order chi connectivity index (χ1) is 12.5. The molecule has 2 N–H and O–H groups in total. The SMILES string of the molecule is O=C(Nc1cnn(Cc2cccc(F)c2)c1)c1cc(C2(O)CCC2)on1. The average Bonchev–Trinajstić information content (AvgIpc) is 3.22. The molecule has 2 aromatic heterocycles. The molecule has 1 fully saturated rings. The van der Waals surface area contributed by atoms with E-state index in [0.717, 1.165) is 12.0 Å². The van der Waals surface area contributed by atoms with Crippen LogP contribution in [0.4, 0.5) is 10.1 Å². The zero-order valence-corrected chi connectivity index (χ0v) is 13.9. The first-order valence-corrected chi connectivity index (χ1v) is 8.30.